The molecule has 0 aromatic heterocycles. The summed E-state index contributed by atoms with van der Waals surface area (Å²) in [5, 5.41) is 0. The normalized spacial score (nSPS) is 10.4. The monoisotopic (exact) mass is 250 g/mol. The van der Waals surface area contributed by atoms with Crippen LogP contribution in [0.5, 0.6) is 0 Å². The Labute approximate surface area is 106 Å². The summed E-state index contributed by atoms with van der Waals surface area (Å²) in [5.41, 5.74) is 4.60. The topological polar surface area (TPSA) is 0 Å². The van der Waals surface area contributed by atoms with E-state index < -0.39 is 0 Å². The number of hydrogen-bond donors (Lipinski definition) is 0. The van der Waals surface area contributed by atoms with Crippen molar-refractivity contribution >= 4 is 23.2 Å². The van der Waals surface area contributed by atoms with Crippen molar-refractivity contribution in [3.8, 4) is 11.1 Å². The summed E-state index contributed by atoms with van der Waals surface area (Å²) in [7, 11) is 0. The summed E-state index contributed by atoms with van der Waals surface area (Å²) < 4.78 is 0. The van der Waals surface area contributed by atoms with Crippen molar-refractivity contribution < 1.29 is 0 Å². The molecule has 0 nitrogen and oxygen atoms in total. The predicted octanol–water partition coefficient (Wildman–Crippen LogP) is 4.83. The van der Waals surface area contributed by atoms with Gasteiger partial charge in [0.05, 0.1) is 0 Å². The third-order valence-electron chi connectivity index (χ3n) is 2.64. The van der Waals surface area contributed by atoms with Gasteiger partial charge in [-0.1, -0.05) is 48.5 Å². The van der Waals surface area contributed by atoms with Gasteiger partial charge in [0.25, 0.3) is 0 Å². The van der Waals surface area contributed by atoms with Gasteiger partial charge in [-0.05, 0) is 22.3 Å². The van der Waals surface area contributed by atoms with Crippen molar-refractivity contribution in [3.63, 3.8) is 0 Å². The summed E-state index contributed by atoms with van der Waals surface area (Å²) in [6.07, 6.45) is 0. The van der Waals surface area contributed by atoms with E-state index in [1.165, 1.54) is 11.1 Å². The Morgan fingerprint density at radius 1 is 0.750 bits per heavy atom. The molecule has 2 heteroatoms. The summed E-state index contributed by atoms with van der Waals surface area (Å²) >= 11 is 11.9. The lowest BCUT2D eigenvalue weighted by Crippen LogP contribution is -1.92. The van der Waals surface area contributed by atoms with Crippen LogP contribution >= 0.6 is 23.2 Å². The fraction of sp³-hybridized carbons (Fsp3) is 0.143. The standard InChI is InChI=1S/C14H12Cl2/c15-9-12-7-4-8-13(14(12)10-16)11-5-2-1-3-6-11/h1-8H,9-10H2. The molecule has 0 aliphatic carbocycles. The Bertz CT molecular complexity index is 463. The van der Waals surface area contributed by atoms with Crippen LogP contribution in [0.1, 0.15) is 11.1 Å². The number of alkyl halides is 2. The first-order valence-corrected chi connectivity index (χ1v) is 6.22. The quantitative estimate of drug-likeness (QED) is 0.685. The molecular weight excluding hydrogens is 239 g/mol. The second kappa shape index (κ2) is 5.38. The molecule has 0 aliphatic heterocycles. The molecule has 2 aromatic carbocycles. The molecule has 0 aliphatic rings. The van der Waals surface area contributed by atoms with Crippen molar-refractivity contribution in [2.24, 2.45) is 0 Å². The van der Waals surface area contributed by atoms with E-state index in [-0.39, 0.29) is 0 Å². The maximum absolute atomic E-state index is 6.01. The van der Waals surface area contributed by atoms with Crippen LogP contribution < -0.4 is 0 Å². The molecule has 0 bridgehead atoms. The highest BCUT2D eigenvalue weighted by Gasteiger charge is 2.07. The molecule has 0 saturated carbocycles. The summed E-state index contributed by atoms with van der Waals surface area (Å²) in [6, 6.07) is 16.4. The van der Waals surface area contributed by atoms with Crippen LogP contribution in [-0.2, 0) is 11.8 Å². The highest BCUT2D eigenvalue weighted by atomic mass is 35.5. The zero-order valence-corrected chi connectivity index (χ0v) is 10.3. The van der Waals surface area contributed by atoms with E-state index in [2.05, 4.69) is 18.2 Å². The summed E-state index contributed by atoms with van der Waals surface area (Å²) in [5.74, 6) is 0.996. The molecule has 0 N–H and O–H groups in total. The van der Waals surface area contributed by atoms with Gasteiger partial charge in [-0.25, -0.2) is 0 Å². The van der Waals surface area contributed by atoms with E-state index in [1.807, 2.05) is 30.3 Å². The number of halogens is 2. The molecule has 0 unspecified atom stereocenters. The molecule has 0 fully saturated rings. The molecule has 0 atom stereocenters. The van der Waals surface area contributed by atoms with Crippen molar-refractivity contribution in [3.05, 3.63) is 59.7 Å². The molecule has 0 radical (unpaired) electrons. The third-order valence-corrected chi connectivity index (χ3v) is 3.19. The molecule has 16 heavy (non-hydrogen) atoms. The van der Waals surface area contributed by atoms with Crippen molar-refractivity contribution in [1.29, 1.82) is 0 Å². The highest BCUT2D eigenvalue weighted by Crippen LogP contribution is 2.28. The van der Waals surface area contributed by atoms with Gasteiger partial charge >= 0.3 is 0 Å². The molecule has 0 amide bonds. The van der Waals surface area contributed by atoms with E-state index in [1.54, 1.807) is 0 Å². The fourth-order valence-electron chi connectivity index (χ4n) is 1.81. The van der Waals surface area contributed by atoms with E-state index in [4.69, 9.17) is 23.2 Å². The Morgan fingerprint density at radius 2 is 1.50 bits per heavy atom. The van der Waals surface area contributed by atoms with E-state index in [9.17, 15) is 0 Å². The van der Waals surface area contributed by atoms with E-state index in [0.29, 0.717) is 11.8 Å². The average Bonchev–Trinajstić information content (AvgIpc) is 2.38. The van der Waals surface area contributed by atoms with Gasteiger partial charge in [-0.2, -0.15) is 0 Å². The zero-order chi connectivity index (χ0) is 11.4. The summed E-state index contributed by atoms with van der Waals surface area (Å²) in [6.45, 7) is 0. The molecule has 2 rings (SSSR count). The van der Waals surface area contributed by atoms with Gasteiger partial charge in [0.2, 0.25) is 0 Å². The van der Waals surface area contributed by atoms with Gasteiger partial charge in [0, 0.05) is 11.8 Å². The van der Waals surface area contributed by atoms with Gasteiger partial charge < -0.3 is 0 Å². The highest BCUT2D eigenvalue weighted by molar-refractivity contribution is 6.19. The maximum Gasteiger partial charge on any atom is 0.0483 e. The Morgan fingerprint density at radius 3 is 2.12 bits per heavy atom. The van der Waals surface area contributed by atoms with Gasteiger partial charge in [0.15, 0.2) is 0 Å². The van der Waals surface area contributed by atoms with Crippen LogP contribution in [0.15, 0.2) is 48.5 Å². The molecule has 0 heterocycles. The fourth-order valence-corrected chi connectivity index (χ4v) is 2.37. The van der Waals surface area contributed by atoms with Crippen LogP contribution in [0.2, 0.25) is 0 Å². The van der Waals surface area contributed by atoms with Gasteiger partial charge in [0.1, 0.15) is 0 Å². The zero-order valence-electron chi connectivity index (χ0n) is 8.79. The van der Waals surface area contributed by atoms with Crippen LogP contribution in [0, 0.1) is 0 Å². The molecule has 0 saturated heterocycles. The molecule has 82 valence electrons. The lowest BCUT2D eigenvalue weighted by Gasteiger charge is -2.11. The third kappa shape index (κ3) is 2.23. The van der Waals surface area contributed by atoms with Crippen molar-refractivity contribution in [2.75, 3.05) is 0 Å². The number of benzene rings is 2. The first-order valence-electron chi connectivity index (χ1n) is 5.15. The lowest BCUT2D eigenvalue weighted by molar-refractivity contribution is 1.27. The van der Waals surface area contributed by atoms with Gasteiger partial charge in [-0.3, -0.25) is 0 Å². The van der Waals surface area contributed by atoms with Crippen LogP contribution in [0.3, 0.4) is 0 Å². The number of hydrogen-bond acceptors (Lipinski definition) is 0. The smallest absolute Gasteiger partial charge is 0.0483 e. The average molecular weight is 251 g/mol. The Balaban J connectivity index is 2.57. The first-order chi connectivity index (χ1) is 7.86. The molecular formula is C14H12Cl2. The molecule has 2 aromatic rings. The largest absolute Gasteiger partial charge is 0.122 e. The first kappa shape index (κ1) is 11.5. The summed E-state index contributed by atoms with van der Waals surface area (Å²) in [4.78, 5) is 0. The van der Waals surface area contributed by atoms with Crippen LogP contribution in [-0.4, -0.2) is 0 Å². The van der Waals surface area contributed by atoms with Crippen molar-refractivity contribution in [2.45, 2.75) is 11.8 Å². The lowest BCUT2D eigenvalue weighted by atomic mass is 9.97. The van der Waals surface area contributed by atoms with E-state index >= 15 is 0 Å². The minimum Gasteiger partial charge on any atom is -0.122 e. The van der Waals surface area contributed by atoms with E-state index in [0.717, 1.165) is 11.1 Å². The second-order valence-electron chi connectivity index (χ2n) is 3.58. The van der Waals surface area contributed by atoms with Crippen molar-refractivity contribution in [1.82, 2.24) is 0 Å². The SMILES string of the molecule is ClCc1cccc(-c2ccccc2)c1CCl. The Kier molecular flexibility index (Phi) is 3.87. The van der Waals surface area contributed by atoms with Crippen LogP contribution in [0.25, 0.3) is 11.1 Å². The maximum atomic E-state index is 6.01. The Hall–Kier alpha value is -0.980. The molecule has 0 spiro atoms. The predicted molar refractivity (Wildman–Crippen MR) is 71.0 cm³/mol. The van der Waals surface area contributed by atoms with Gasteiger partial charge in [-0.15, -0.1) is 23.2 Å². The minimum atomic E-state index is 0.493. The minimum absolute atomic E-state index is 0.493. The second-order valence-corrected chi connectivity index (χ2v) is 4.11. The number of rotatable bonds is 3. The van der Waals surface area contributed by atoms with Crippen LogP contribution in [0.4, 0.5) is 0 Å².